The molecule has 128 valence electrons. The van der Waals surface area contributed by atoms with Crippen LogP contribution < -0.4 is 4.90 Å². The van der Waals surface area contributed by atoms with E-state index in [0.29, 0.717) is 18.3 Å². The Balaban J connectivity index is 1.56. The van der Waals surface area contributed by atoms with Gasteiger partial charge >= 0.3 is 0 Å². The lowest BCUT2D eigenvalue weighted by atomic mass is 10.0. The maximum Gasteiger partial charge on any atom is 0.259 e. The van der Waals surface area contributed by atoms with E-state index in [-0.39, 0.29) is 0 Å². The van der Waals surface area contributed by atoms with Gasteiger partial charge < -0.3 is 14.2 Å². The van der Waals surface area contributed by atoms with E-state index in [0.717, 1.165) is 44.5 Å². The fourth-order valence-electron chi connectivity index (χ4n) is 3.84. The molecule has 4 rings (SSSR count). The molecule has 0 radical (unpaired) electrons. The normalized spacial score (nSPS) is 20.0. The summed E-state index contributed by atoms with van der Waals surface area (Å²) in [6.07, 6.45) is 8.60. The Morgan fingerprint density at radius 1 is 1.17 bits per heavy atom. The van der Waals surface area contributed by atoms with Crippen LogP contribution in [-0.4, -0.2) is 34.8 Å². The Labute approximate surface area is 142 Å². The van der Waals surface area contributed by atoms with Crippen LogP contribution in [0.3, 0.4) is 0 Å². The second-order valence-corrected chi connectivity index (χ2v) is 6.65. The van der Waals surface area contributed by atoms with Gasteiger partial charge in [0.25, 0.3) is 5.89 Å². The van der Waals surface area contributed by atoms with E-state index in [9.17, 15) is 0 Å². The Morgan fingerprint density at radius 2 is 1.96 bits per heavy atom. The number of nitrogens with zero attached hydrogens (tertiary/aromatic N) is 4. The molecule has 2 aromatic heterocycles. The largest absolute Gasteiger partial charge is 0.370 e. The van der Waals surface area contributed by atoms with Crippen molar-refractivity contribution in [1.29, 1.82) is 0 Å². The summed E-state index contributed by atoms with van der Waals surface area (Å²) in [7, 11) is 0. The highest BCUT2D eigenvalue weighted by Gasteiger charge is 2.41. The SMILES string of the molecule is CCOC1(c2nc(-c3ccc(N4CCCC4)cn3)no2)CCCC1. The van der Waals surface area contributed by atoms with Crippen molar-refractivity contribution in [3.8, 4) is 11.5 Å². The van der Waals surface area contributed by atoms with Crippen LogP contribution in [0, 0.1) is 0 Å². The molecule has 0 spiro atoms. The number of rotatable bonds is 5. The van der Waals surface area contributed by atoms with Gasteiger partial charge in [0.15, 0.2) is 0 Å². The Kier molecular flexibility index (Phi) is 4.22. The fourth-order valence-corrected chi connectivity index (χ4v) is 3.84. The molecule has 6 heteroatoms. The summed E-state index contributed by atoms with van der Waals surface area (Å²) in [6.45, 7) is 4.89. The smallest absolute Gasteiger partial charge is 0.259 e. The van der Waals surface area contributed by atoms with Gasteiger partial charge in [-0.1, -0.05) is 5.16 Å². The van der Waals surface area contributed by atoms with Gasteiger partial charge in [0.05, 0.1) is 11.9 Å². The fraction of sp³-hybridized carbons (Fsp3) is 0.611. The van der Waals surface area contributed by atoms with Gasteiger partial charge in [-0.25, -0.2) is 0 Å². The van der Waals surface area contributed by atoms with Crippen molar-refractivity contribution in [3.05, 3.63) is 24.2 Å². The van der Waals surface area contributed by atoms with Crippen LogP contribution in [0.5, 0.6) is 0 Å². The number of ether oxygens (including phenoxy) is 1. The van der Waals surface area contributed by atoms with Crippen molar-refractivity contribution in [2.45, 2.75) is 51.0 Å². The average molecular weight is 328 g/mol. The first-order valence-corrected chi connectivity index (χ1v) is 9.00. The lowest BCUT2D eigenvalue weighted by Crippen LogP contribution is -2.26. The summed E-state index contributed by atoms with van der Waals surface area (Å²) in [4.78, 5) is 11.5. The quantitative estimate of drug-likeness (QED) is 0.836. The van der Waals surface area contributed by atoms with Gasteiger partial charge in [0, 0.05) is 19.7 Å². The molecule has 2 fully saturated rings. The summed E-state index contributed by atoms with van der Waals surface area (Å²) < 4.78 is 11.5. The molecule has 1 aliphatic carbocycles. The van der Waals surface area contributed by atoms with Gasteiger partial charge in [0.1, 0.15) is 11.3 Å². The summed E-state index contributed by atoms with van der Waals surface area (Å²) in [5, 5.41) is 4.14. The zero-order valence-corrected chi connectivity index (χ0v) is 14.2. The average Bonchev–Trinajstić information content (AvgIpc) is 3.36. The molecule has 24 heavy (non-hydrogen) atoms. The first-order valence-electron chi connectivity index (χ1n) is 9.00. The molecule has 6 nitrogen and oxygen atoms in total. The van der Waals surface area contributed by atoms with Gasteiger partial charge in [0.2, 0.25) is 5.82 Å². The van der Waals surface area contributed by atoms with Crippen LogP contribution in [0.4, 0.5) is 5.69 Å². The monoisotopic (exact) mass is 328 g/mol. The Bertz CT molecular complexity index is 671. The van der Waals surface area contributed by atoms with Gasteiger partial charge in [-0.3, -0.25) is 4.98 Å². The molecule has 0 atom stereocenters. The highest BCUT2D eigenvalue weighted by Crippen LogP contribution is 2.41. The van der Waals surface area contributed by atoms with E-state index in [4.69, 9.17) is 9.26 Å². The van der Waals surface area contributed by atoms with E-state index in [2.05, 4.69) is 26.1 Å². The molecule has 0 bridgehead atoms. The second-order valence-electron chi connectivity index (χ2n) is 6.65. The lowest BCUT2D eigenvalue weighted by Gasteiger charge is -2.24. The minimum Gasteiger partial charge on any atom is -0.370 e. The predicted molar refractivity (Wildman–Crippen MR) is 90.7 cm³/mol. The number of hydrogen-bond acceptors (Lipinski definition) is 6. The highest BCUT2D eigenvalue weighted by atomic mass is 16.5. The van der Waals surface area contributed by atoms with E-state index in [1.165, 1.54) is 18.5 Å². The van der Waals surface area contributed by atoms with E-state index >= 15 is 0 Å². The molecule has 0 N–H and O–H groups in total. The molecule has 1 aliphatic heterocycles. The van der Waals surface area contributed by atoms with Crippen molar-refractivity contribution in [2.75, 3.05) is 24.6 Å². The van der Waals surface area contributed by atoms with Crippen LogP contribution in [0.25, 0.3) is 11.5 Å². The zero-order valence-electron chi connectivity index (χ0n) is 14.2. The van der Waals surface area contributed by atoms with Crippen LogP contribution in [0.2, 0.25) is 0 Å². The van der Waals surface area contributed by atoms with Crippen molar-refractivity contribution < 1.29 is 9.26 Å². The van der Waals surface area contributed by atoms with Crippen LogP contribution >= 0.6 is 0 Å². The molecule has 0 amide bonds. The van der Waals surface area contributed by atoms with E-state index in [1.54, 1.807) is 0 Å². The number of aromatic nitrogens is 3. The number of hydrogen-bond donors (Lipinski definition) is 0. The first-order chi connectivity index (χ1) is 11.8. The summed E-state index contributed by atoms with van der Waals surface area (Å²) >= 11 is 0. The van der Waals surface area contributed by atoms with Gasteiger partial charge in [-0.2, -0.15) is 4.98 Å². The minimum absolute atomic E-state index is 0.393. The van der Waals surface area contributed by atoms with E-state index < -0.39 is 5.60 Å². The maximum atomic E-state index is 5.99. The van der Waals surface area contributed by atoms with Crippen molar-refractivity contribution in [2.24, 2.45) is 0 Å². The second kappa shape index (κ2) is 6.51. The third-order valence-electron chi connectivity index (χ3n) is 5.10. The van der Waals surface area contributed by atoms with Crippen molar-refractivity contribution >= 4 is 5.69 Å². The molecule has 3 heterocycles. The van der Waals surface area contributed by atoms with Crippen LogP contribution in [-0.2, 0) is 10.3 Å². The predicted octanol–water partition coefficient (Wildman–Crippen LogP) is 3.54. The molecular formula is C18H24N4O2. The molecular weight excluding hydrogens is 304 g/mol. The molecule has 0 aromatic carbocycles. The van der Waals surface area contributed by atoms with Crippen molar-refractivity contribution in [3.63, 3.8) is 0 Å². The molecule has 1 saturated heterocycles. The number of pyridine rings is 1. The first kappa shape index (κ1) is 15.6. The third kappa shape index (κ3) is 2.79. The molecule has 1 saturated carbocycles. The Hall–Kier alpha value is -1.95. The van der Waals surface area contributed by atoms with Gasteiger partial charge in [-0.05, 0) is 57.6 Å². The minimum atomic E-state index is -0.393. The summed E-state index contributed by atoms with van der Waals surface area (Å²) in [5.41, 5.74) is 1.52. The summed E-state index contributed by atoms with van der Waals surface area (Å²) in [6, 6.07) is 4.07. The highest BCUT2D eigenvalue weighted by molar-refractivity contribution is 5.54. The molecule has 2 aromatic rings. The van der Waals surface area contributed by atoms with Crippen molar-refractivity contribution in [1.82, 2.24) is 15.1 Å². The molecule has 2 aliphatic rings. The summed E-state index contributed by atoms with van der Waals surface area (Å²) in [5.74, 6) is 1.14. The molecule has 0 unspecified atom stereocenters. The third-order valence-corrected chi connectivity index (χ3v) is 5.10. The number of anilines is 1. The lowest BCUT2D eigenvalue weighted by molar-refractivity contribution is -0.0610. The standard InChI is InChI=1S/C18H24N4O2/c1-2-23-18(9-3-4-10-18)17-20-16(21-24-17)15-8-7-14(13-19-15)22-11-5-6-12-22/h7-8,13H,2-6,9-12H2,1H3. The maximum absolute atomic E-state index is 5.99. The van der Waals surface area contributed by atoms with Crippen LogP contribution in [0.1, 0.15) is 51.3 Å². The Morgan fingerprint density at radius 3 is 2.62 bits per heavy atom. The topological polar surface area (TPSA) is 64.3 Å². The van der Waals surface area contributed by atoms with Gasteiger partial charge in [-0.15, -0.1) is 0 Å². The van der Waals surface area contributed by atoms with E-state index in [1.807, 2.05) is 19.2 Å². The zero-order chi connectivity index (χ0) is 16.4. The van der Waals surface area contributed by atoms with Crippen LogP contribution in [0.15, 0.2) is 22.9 Å².